The fourth-order valence-electron chi connectivity index (χ4n) is 0.870. The van der Waals surface area contributed by atoms with Crippen molar-refractivity contribution in [2.75, 3.05) is 7.11 Å². The topological polar surface area (TPSA) is 92.2 Å². The molecule has 0 saturated carbocycles. The molecule has 0 amide bonds. The summed E-state index contributed by atoms with van der Waals surface area (Å²) in [5, 5.41) is 15.4. The van der Waals surface area contributed by atoms with Crippen LogP contribution in [0.4, 0.5) is 0 Å². The van der Waals surface area contributed by atoms with Gasteiger partial charge in [-0.15, -0.1) is 29.1 Å². The van der Waals surface area contributed by atoms with Crippen LogP contribution in [0.3, 0.4) is 0 Å². The van der Waals surface area contributed by atoms with Crippen LogP contribution >= 0.6 is 24.0 Å². The highest BCUT2D eigenvalue weighted by atomic mass is 127. The van der Waals surface area contributed by atoms with Crippen LogP contribution in [0, 0.1) is 0 Å². The first-order valence-corrected chi connectivity index (χ1v) is 4.17. The van der Waals surface area contributed by atoms with Crippen molar-refractivity contribution in [3.63, 3.8) is 0 Å². The second-order valence-electron chi connectivity index (χ2n) is 2.61. The number of hydrogen-bond donors (Lipinski definition) is 3. The lowest BCUT2D eigenvalue weighted by atomic mass is 10.2. The van der Waals surface area contributed by atoms with Crippen LogP contribution in [-0.4, -0.2) is 24.5 Å². The van der Waals surface area contributed by atoms with Gasteiger partial charge in [0.25, 0.3) is 0 Å². The van der Waals surface area contributed by atoms with E-state index in [1.807, 2.05) is 12.1 Å². The standard InChI is InChI=1S/C9H12N4O2.HI/c1-15-8-4-2-7(3-5-8)6-11-12-9(10)13-14;/h2-6,14H,1H3,(H3,10,12,13);1H/b11-6+;. The number of ether oxygens (including phenoxy) is 1. The summed E-state index contributed by atoms with van der Waals surface area (Å²) < 4.78 is 4.99. The van der Waals surface area contributed by atoms with Crippen molar-refractivity contribution in [1.29, 1.82) is 0 Å². The summed E-state index contributed by atoms with van der Waals surface area (Å²) >= 11 is 0. The first kappa shape index (κ1) is 14.6. The quantitative estimate of drug-likeness (QED) is 0.332. The van der Waals surface area contributed by atoms with Crippen LogP contribution in [-0.2, 0) is 0 Å². The van der Waals surface area contributed by atoms with Crippen LogP contribution in [0.1, 0.15) is 5.56 Å². The molecule has 0 heterocycles. The first-order chi connectivity index (χ1) is 7.26. The van der Waals surface area contributed by atoms with E-state index in [2.05, 4.69) is 10.2 Å². The average molecular weight is 336 g/mol. The maximum Gasteiger partial charge on any atom is 0.237 e. The van der Waals surface area contributed by atoms with Gasteiger partial charge in [-0.05, 0) is 29.8 Å². The normalized spacial score (nSPS) is 11.0. The van der Waals surface area contributed by atoms with Gasteiger partial charge in [0.1, 0.15) is 5.75 Å². The van der Waals surface area contributed by atoms with Crippen molar-refractivity contribution >= 4 is 36.2 Å². The number of nitrogens with two attached hydrogens (primary N) is 1. The minimum atomic E-state index is -0.167. The molecule has 0 atom stereocenters. The number of rotatable bonds is 3. The summed E-state index contributed by atoms with van der Waals surface area (Å²) in [6.45, 7) is 0. The zero-order chi connectivity index (χ0) is 11.1. The molecule has 1 aromatic carbocycles. The van der Waals surface area contributed by atoms with E-state index in [-0.39, 0.29) is 29.9 Å². The lowest BCUT2D eigenvalue weighted by molar-refractivity contribution is 0.232. The minimum Gasteiger partial charge on any atom is -0.497 e. The third-order valence-corrected chi connectivity index (χ3v) is 1.60. The lowest BCUT2D eigenvalue weighted by Gasteiger charge is -1.98. The molecule has 0 aromatic heterocycles. The smallest absolute Gasteiger partial charge is 0.237 e. The molecule has 0 saturated heterocycles. The van der Waals surface area contributed by atoms with Crippen LogP contribution in [0.5, 0.6) is 5.75 Å². The Morgan fingerprint density at radius 2 is 2.06 bits per heavy atom. The zero-order valence-corrected chi connectivity index (χ0v) is 11.0. The fraction of sp³-hybridized carbons (Fsp3) is 0.111. The molecule has 0 aliphatic carbocycles. The van der Waals surface area contributed by atoms with Gasteiger partial charge < -0.3 is 10.5 Å². The van der Waals surface area contributed by atoms with E-state index in [0.29, 0.717) is 0 Å². The van der Waals surface area contributed by atoms with Gasteiger partial charge in [0.15, 0.2) is 0 Å². The Labute approximate surface area is 110 Å². The van der Waals surface area contributed by atoms with Gasteiger partial charge in [0.05, 0.1) is 13.3 Å². The van der Waals surface area contributed by atoms with Gasteiger partial charge in [-0.3, -0.25) is 5.21 Å². The van der Waals surface area contributed by atoms with Crippen LogP contribution in [0.25, 0.3) is 0 Å². The minimum absolute atomic E-state index is 0. The molecule has 88 valence electrons. The Morgan fingerprint density at radius 1 is 1.44 bits per heavy atom. The maximum absolute atomic E-state index is 8.30. The Kier molecular flexibility index (Phi) is 7.21. The van der Waals surface area contributed by atoms with Crippen molar-refractivity contribution < 1.29 is 9.94 Å². The second kappa shape index (κ2) is 7.88. The highest BCUT2D eigenvalue weighted by Crippen LogP contribution is 2.09. The molecule has 0 radical (unpaired) electrons. The van der Waals surface area contributed by atoms with Crippen molar-refractivity contribution in [3.05, 3.63) is 29.8 Å². The van der Waals surface area contributed by atoms with Crippen molar-refractivity contribution in [2.45, 2.75) is 0 Å². The predicted octanol–water partition coefficient (Wildman–Crippen LogP) is 0.941. The van der Waals surface area contributed by atoms with E-state index in [9.17, 15) is 0 Å². The van der Waals surface area contributed by atoms with Gasteiger partial charge in [0.2, 0.25) is 5.96 Å². The van der Waals surface area contributed by atoms with Gasteiger partial charge in [0, 0.05) is 0 Å². The largest absolute Gasteiger partial charge is 0.497 e. The molecule has 0 bridgehead atoms. The van der Waals surface area contributed by atoms with E-state index in [1.54, 1.807) is 24.7 Å². The first-order valence-electron chi connectivity index (χ1n) is 4.17. The molecule has 16 heavy (non-hydrogen) atoms. The summed E-state index contributed by atoms with van der Waals surface area (Å²) in [4.78, 5) is 0. The highest BCUT2D eigenvalue weighted by molar-refractivity contribution is 14.0. The molecule has 0 aliphatic heterocycles. The third kappa shape index (κ3) is 4.94. The SMILES string of the molecule is COc1ccc(/C=N/N=C(/N)NO)cc1.I. The van der Waals surface area contributed by atoms with Crippen LogP contribution < -0.4 is 16.0 Å². The van der Waals surface area contributed by atoms with Crippen LogP contribution in [0.2, 0.25) is 0 Å². The van der Waals surface area contributed by atoms with E-state index in [4.69, 9.17) is 15.7 Å². The monoisotopic (exact) mass is 336 g/mol. The van der Waals surface area contributed by atoms with Crippen molar-refractivity contribution in [1.82, 2.24) is 5.48 Å². The Hall–Kier alpha value is -1.35. The maximum atomic E-state index is 8.30. The average Bonchev–Trinajstić information content (AvgIpc) is 2.29. The van der Waals surface area contributed by atoms with Gasteiger partial charge in [-0.25, -0.2) is 5.48 Å². The van der Waals surface area contributed by atoms with Gasteiger partial charge in [-0.2, -0.15) is 5.10 Å². The molecule has 1 aromatic rings. The third-order valence-electron chi connectivity index (χ3n) is 1.60. The number of halogens is 1. The summed E-state index contributed by atoms with van der Waals surface area (Å²) in [7, 11) is 1.60. The van der Waals surface area contributed by atoms with E-state index in [1.165, 1.54) is 6.21 Å². The summed E-state index contributed by atoms with van der Waals surface area (Å²) in [5.74, 6) is 0.604. The van der Waals surface area contributed by atoms with Crippen LogP contribution in [0.15, 0.2) is 34.5 Å². The van der Waals surface area contributed by atoms with Crippen molar-refractivity contribution in [2.24, 2.45) is 15.9 Å². The van der Waals surface area contributed by atoms with E-state index in [0.717, 1.165) is 11.3 Å². The molecule has 6 nitrogen and oxygen atoms in total. The molecule has 0 unspecified atom stereocenters. The lowest BCUT2D eigenvalue weighted by Crippen LogP contribution is -2.27. The molecular formula is C9H13IN4O2. The predicted molar refractivity (Wildman–Crippen MR) is 72.5 cm³/mol. The Balaban J connectivity index is 0.00000225. The number of hydrogen-bond acceptors (Lipinski definition) is 4. The zero-order valence-electron chi connectivity index (χ0n) is 8.62. The van der Waals surface area contributed by atoms with Crippen molar-refractivity contribution in [3.8, 4) is 5.75 Å². The number of hydroxylamine groups is 1. The number of nitrogens with one attached hydrogen (secondary N) is 1. The Bertz CT molecular complexity index is 364. The number of benzene rings is 1. The molecule has 0 aliphatic rings. The number of methoxy groups -OCH3 is 1. The summed E-state index contributed by atoms with van der Waals surface area (Å²) in [6.07, 6.45) is 1.50. The second-order valence-corrected chi connectivity index (χ2v) is 2.61. The Morgan fingerprint density at radius 3 is 2.56 bits per heavy atom. The fourth-order valence-corrected chi connectivity index (χ4v) is 0.870. The van der Waals surface area contributed by atoms with E-state index < -0.39 is 0 Å². The molecular weight excluding hydrogens is 323 g/mol. The van der Waals surface area contributed by atoms with Gasteiger partial charge in [-0.1, -0.05) is 0 Å². The molecule has 7 heteroatoms. The van der Waals surface area contributed by atoms with Gasteiger partial charge >= 0.3 is 0 Å². The molecule has 0 spiro atoms. The summed E-state index contributed by atoms with van der Waals surface area (Å²) in [6, 6.07) is 7.25. The molecule has 4 N–H and O–H groups in total. The number of guanidine groups is 1. The summed E-state index contributed by atoms with van der Waals surface area (Å²) in [5.41, 5.74) is 7.65. The molecule has 0 fully saturated rings. The molecule has 1 rings (SSSR count). The highest BCUT2D eigenvalue weighted by Gasteiger charge is 1.90. The number of nitrogens with zero attached hydrogens (tertiary/aromatic N) is 2. The van der Waals surface area contributed by atoms with E-state index >= 15 is 0 Å².